The summed E-state index contributed by atoms with van der Waals surface area (Å²) >= 11 is 1.66. The minimum atomic E-state index is -0.910. The van der Waals surface area contributed by atoms with Gasteiger partial charge in [0.05, 0.1) is 17.9 Å². The van der Waals surface area contributed by atoms with Crippen molar-refractivity contribution in [3.63, 3.8) is 0 Å². The first-order chi connectivity index (χ1) is 19.5. The Morgan fingerprint density at radius 3 is 2.55 bits per heavy atom. The van der Waals surface area contributed by atoms with Crippen molar-refractivity contribution in [2.24, 2.45) is 0 Å². The van der Waals surface area contributed by atoms with Crippen LogP contribution in [0.3, 0.4) is 0 Å². The van der Waals surface area contributed by atoms with Crippen molar-refractivity contribution in [1.82, 2.24) is 0 Å². The molecule has 1 aliphatic heterocycles. The van der Waals surface area contributed by atoms with E-state index in [-0.39, 0.29) is 24.8 Å². The Morgan fingerprint density at radius 1 is 0.925 bits per heavy atom. The number of fused-ring (bicyclic) bond motifs is 1. The predicted molar refractivity (Wildman–Crippen MR) is 158 cm³/mol. The number of aliphatic carboxylic acids is 1. The summed E-state index contributed by atoms with van der Waals surface area (Å²) in [5.41, 5.74) is 4.04. The van der Waals surface area contributed by atoms with E-state index in [2.05, 4.69) is 5.32 Å². The number of hydrogen-bond donors (Lipinski definition) is 2. The van der Waals surface area contributed by atoms with Gasteiger partial charge in [0, 0.05) is 35.2 Å². The number of nitrogens with one attached hydrogen (secondary N) is 1. The number of carboxylic acids is 1. The summed E-state index contributed by atoms with van der Waals surface area (Å²) in [5.74, 6) is -1.06. The molecule has 5 rings (SSSR count). The number of nitrogens with zero attached hydrogens (tertiary/aromatic N) is 1. The highest BCUT2D eigenvalue weighted by Gasteiger charge is 2.26. The molecule has 0 saturated carbocycles. The van der Waals surface area contributed by atoms with Crippen LogP contribution in [0.1, 0.15) is 51.3 Å². The molecule has 0 aliphatic carbocycles. The minimum absolute atomic E-state index is 0.0413. The summed E-state index contributed by atoms with van der Waals surface area (Å²) in [6, 6.07) is 24.1. The smallest absolute Gasteiger partial charge is 0.303 e. The van der Waals surface area contributed by atoms with Gasteiger partial charge in [-0.25, -0.2) is 0 Å². The number of benzene rings is 3. The molecule has 3 aromatic carbocycles. The van der Waals surface area contributed by atoms with E-state index >= 15 is 0 Å². The lowest BCUT2D eigenvalue weighted by molar-refractivity contribution is -0.137. The third-order valence-corrected chi connectivity index (χ3v) is 7.78. The average molecular weight is 555 g/mol. The van der Waals surface area contributed by atoms with E-state index < -0.39 is 5.97 Å². The number of thiophene rings is 1. The third-order valence-electron chi connectivity index (χ3n) is 6.81. The van der Waals surface area contributed by atoms with Crippen molar-refractivity contribution in [2.75, 3.05) is 23.4 Å². The summed E-state index contributed by atoms with van der Waals surface area (Å²) < 4.78 is 5.96. The quantitative estimate of drug-likeness (QED) is 0.220. The normalized spacial score (nSPS) is 12.8. The van der Waals surface area contributed by atoms with Gasteiger partial charge < -0.3 is 20.1 Å². The lowest BCUT2D eigenvalue weighted by Crippen LogP contribution is -2.31. The van der Waals surface area contributed by atoms with E-state index in [1.807, 2.05) is 60.0 Å². The topological polar surface area (TPSA) is 95.9 Å². The average Bonchev–Trinajstić information content (AvgIpc) is 3.34. The number of rotatable bonds is 9. The third kappa shape index (κ3) is 6.24. The Bertz CT molecular complexity index is 1510. The summed E-state index contributed by atoms with van der Waals surface area (Å²) in [7, 11) is 0. The molecule has 8 heteroatoms. The van der Waals surface area contributed by atoms with Gasteiger partial charge in [-0.15, -0.1) is 11.3 Å². The fraction of sp³-hybridized carbons (Fsp3) is 0.219. The van der Waals surface area contributed by atoms with E-state index in [0.29, 0.717) is 35.5 Å². The summed E-state index contributed by atoms with van der Waals surface area (Å²) in [6.07, 6.45) is 3.12. The molecule has 2 N–H and O–H groups in total. The molecule has 0 atom stereocenters. The first-order valence-corrected chi connectivity index (χ1v) is 14.2. The van der Waals surface area contributed by atoms with Crippen LogP contribution in [0, 0.1) is 0 Å². The molecule has 0 bridgehead atoms. The maximum absolute atomic E-state index is 13.8. The molecular weight excluding hydrogens is 524 g/mol. The van der Waals surface area contributed by atoms with Crippen LogP contribution in [0.15, 0.2) is 84.2 Å². The van der Waals surface area contributed by atoms with Crippen molar-refractivity contribution in [3.05, 3.63) is 100 Å². The minimum Gasteiger partial charge on any atom is -0.493 e. The molecule has 1 aliphatic rings. The maximum Gasteiger partial charge on any atom is 0.303 e. The molecule has 7 nitrogen and oxygen atoms in total. The molecule has 4 aromatic rings. The van der Waals surface area contributed by atoms with Crippen molar-refractivity contribution >= 4 is 40.5 Å². The van der Waals surface area contributed by atoms with Crippen molar-refractivity contribution in [1.29, 1.82) is 0 Å². The SMILES string of the molecule is O=C(O)CCCOc1cc(NC(=O)c2ccccc2-c2ccccc2)ccc1C(=O)N1CCCCc2sccc21. The lowest BCUT2D eigenvalue weighted by Gasteiger charge is -2.23. The van der Waals surface area contributed by atoms with Gasteiger partial charge >= 0.3 is 5.97 Å². The van der Waals surface area contributed by atoms with Gasteiger partial charge in [0.15, 0.2) is 0 Å². The van der Waals surface area contributed by atoms with Crippen LogP contribution in [0.5, 0.6) is 5.75 Å². The highest BCUT2D eigenvalue weighted by Crippen LogP contribution is 2.34. The van der Waals surface area contributed by atoms with Crippen LogP contribution in [-0.4, -0.2) is 36.0 Å². The second kappa shape index (κ2) is 12.6. The van der Waals surface area contributed by atoms with Crippen LogP contribution >= 0.6 is 11.3 Å². The molecule has 0 unspecified atom stereocenters. The van der Waals surface area contributed by atoms with Gasteiger partial charge in [-0.05, 0) is 66.5 Å². The van der Waals surface area contributed by atoms with Crippen LogP contribution in [-0.2, 0) is 11.2 Å². The zero-order valence-electron chi connectivity index (χ0n) is 22.0. The number of amides is 2. The first kappa shape index (κ1) is 27.1. The Labute approximate surface area is 237 Å². The second-order valence-electron chi connectivity index (χ2n) is 9.57. The molecule has 204 valence electrons. The Balaban J connectivity index is 1.42. The predicted octanol–water partition coefficient (Wildman–Crippen LogP) is 6.89. The van der Waals surface area contributed by atoms with E-state index in [4.69, 9.17) is 9.84 Å². The molecule has 0 fully saturated rings. The fourth-order valence-corrected chi connectivity index (χ4v) is 5.77. The van der Waals surface area contributed by atoms with Gasteiger partial charge in [-0.3, -0.25) is 14.4 Å². The number of hydrogen-bond acceptors (Lipinski definition) is 5. The summed E-state index contributed by atoms with van der Waals surface area (Å²) in [4.78, 5) is 41.2. The molecule has 2 heterocycles. The number of ether oxygens (including phenoxy) is 1. The standard InChI is InChI=1S/C32H30N2O5S/c35-30(36)14-8-19-39-28-21-23(33-31(37)25-12-5-4-11-24(25)22-9-2-1-3-10-22)15-16-26(28)32(38)34-18-7-6-13-29-27(34)17-20-40-29/h1-5,9-12,15-17,20-21H,6-8,13-14,18-19H2,(H,33,37)(H,35,36). The van der Waals surface area contributed by atoms with E-state index in [0.717, 1.165) is 36.1 Å². The summed E-state index contributed by atoms with van der Waals surface area (Å²) in [6.45, 7) is 0.736. The van der Waals surface area contributed by atoms with Crippen molar-refractivity contribution in [3.8, 4) is 16.9 Å². The maximum atomic E-state index is 13.8. The number of aryl methyl sites for hydroxylation is 1. The number of anilines is 2. The van der Waals surface area contributed by atoms with Gasteiger partial charge in [-0.1, -0.05) is 48.5 Å². The van der Waals surface area contributed by atoms with E-state index in [9.17, 15) is 14.4 Å². The largest absolute Gasteiger partial charge is 0.493 e. The number of carbonyl (C=O) groups excluding carboxylic acids is 2. The first-order valence-electron chi connectivity index (χ1n) is 13.3. The zero-order valence-corrected chi connectivity index (χ0v) is 22.8. The molecule has 1 aromatic heterocycles. The zero-order chi connectivity index (χ0) is 27.9. The fourth-order valence-electron chi connectivity index (χ4n) is 4.84. The van der Waals surface area contributed by atoms with Crippen LogP contribution < -0.4 is 15.0 Å². The van der Waals surface area contributed by atoms with Crippen LogP contribution in [0.25, 0.3) is 11.1 Å². The lowest BCUT2D eigenvalue weighted by atomic mass is 9.99. The molecule has 0 radical (unpaired) electrons. The van der Waals surface area contributed by atoms with Gasteiger partial charge in [0.1, 0.15) is 5.75 Å². The Morgan fingerprint density at radius 2 is 1.73 bits per heavy atom. The Hall–Kier alpha value is -4.43. The molecule has 0 spiro atoms. The molecule has 40 heavy (non-hydrogen) atoms. The van der Waals surface area contributed by atoms with Crippen molar-refractivity contribution in [2.45, 2.75) is 32.1 Å². The molecular formula is C32H30N2O5S. The Kier molecular flexibility index (Phi) is 8.56. The van der Waals surface area contributed by atoms with Gasteiger partial charge in [0.2, 0.25) is 0 Å². The number of carboxylic acid groups (broad SMARTS) is 1. The highest BCUT2D eigenvalue weighted by atomic mass is 32.1. The second-order valence-corrected chi connectivity index (χ2v) is 10.6. The van der Waals surface area contributed by atoms with Crippen LogP contribution in [0.2, 0.25) is 0 Å². The summed E-state index contributed by atoms with van der Waals surface area (Å²) in [5, 5.41) is 14.0. The highest BCUT2D eigenvalue weighted by molar-refractivity contribution is 7.10. The molecule has 2 amide bonds. The molecule has 0 saturated heterocycles. The van der Waals surface area contributed by atoms with Gasteiger partial charge in [-0.2, -0.15) is 0 Å². The monoisotopic (exact) mass is 554 g/mol. The van der Waals surface area contributed by atoms with Gasteiger partial charge in [0.25, 0.3) is 11.8 Å². The van der Waals surface area contributed by atoms with E-state index in [1.54, 1.807) is 40.5 Å². The van der Waals surface area contributed by atoms with Crippen molar-refractivity contribution < 1.29 is 24.2 Å². The number of carbonyl (C=O) groups is 3. The van der Waals surface area contributed by atoms with E-state index in [1.165, 1.54) is 4.88 Å². The van der Waals surface area contributed by atoms with Crippen LogP contribution in [0.4, 0.5) is 11.4 Å².